The van der Waals surface area contributed by atoms with Crippen molar-refractivity contribution in [3.05, 3.63) is 47.5 Å². The number of likely N-dealkylation sites (tertiary alicyclic amines) is 1. The molecule has 0 saturated carbocycles. The van der Waals surface area contributed by atoms with Gasteiger partial charge in [0, 0.05) is 32.6 Å². The van der Waals surface area contributed by atoms with Crippen LogP contribution in [0.25, 0.3) is 0 Å². The van der Waals surface area contributed by atoms with E-state index in [1.165, 1.54) is 16.0 Å². The molecule has 46 heavy (non-hydrogen) atoms. The van der Waals surface area contributed by atoms with E-state index in [9.17, 15) is 4.79 Å². The molecular formula is C36H58N3O7+. The molecule has 2 aromatic rings. The fourth-order valence-corrected chi connectivity index (χ4v) is 5.67. The Bertz CT molecular complexity index is 1190. The molecule has 10 nitrogen and oxygen atoms in total. The molecule has 258 valence electrons. The average Bonchev–Trinajstić information content (AvgIpc) is 3.66. The summed E-state index contributed by atoms with van der Waals surface area (Å²) in [5, 5.41) is 7.42. The van der Waals surface area contributed by atoms with E-state index in [0.717, 1.165) is 83.0 Å². The lowest BCUT2D eigenvalue weighted by molar-refractivity contribution is -0.836. The molecule has 1 amide bonds. The molecule has 2 aromatic carbocycles. The zero-order valence-corrected chi connectivity index (χ0v) is 29.4. The van der Waals surface area contributed by atoms with Gasteiger partial charge in [-0.25, -0.2) is 0 Å². The Kier molecular flexibility index (Phi) is 17.3. The molecule has 2 heterocycles. The summed E-state index contributed by atoms with van der Waals surface area (Å²) in [7, 11) is 9.64. The molecule has 0 spiro atoms. The van der Waals surface area contributed by atoms with Gasteiger partial charge in [0.2, 0.25) is 18.4 Å². The van der Waals surface area contributed by atoms with Crippen molar-refractivity contribution in [1.82, 2.24) is 9.80 Å². The van der Waals surface area contributed by atoms with Crippen LogP contribution in [0.4, 0.5) is 0 Å². The number of quaternary nitrogens is 1. The number of aryl methyl sites for hydroxylation is 1. The van der Waals surface area contributed by atoms with Crippen LogP contribution in [-0.4, -0.2) is 101 Å². The van der Waals surface area contributed by atoms with Gasteiger partial charge >= 0.3 is 0 Å². The summed E-state index contributed by atoms with van der Waals surface area (Å²) in [5.41, 5.74) is 2.39. The van der Waals surface area contributed by atoms with Gasteiger partial charge in [-0.3, -0.25) is 14.5 Å². The minimum Gasteiger partial charge on any atom is -0.496 e. The second-order valence-electron chi connectivity index (χ2n) is 12.4. The lowest BCUT2D eigenvalue weighted by atomic mass is 9.93. The number of aliphatic carboxylic acids is 1. The number of carbonyl (C=O) groups excluding carboxylic acids is 1. The summed E-state index contributed by atoms with van der Waals surface area (Å²) in [6.45, 7) is 8.65. The lowest BCUT2D eigenvalue weighted by Crippen LogP contribution is -3.02. The van der Waals surface area contributed by atoms with Gasteiger partial charge in [0.1, 0.15) is 5.75 Å². The highest BCUT2D eigenvalue weighted by atomic mass is 16.7. The second-order valence-corrected chi connectivity index (χ2v) is 12.4. The van der Waals surface area contributed by atoms with E-state index >= 15 is 0 Å². The van der Waals surface area contributed by atoms with E-state index in [2.05, 4.69) is 69.1 Å². The minimum absolute atomic E-state index is 0.216. The van der Waals surface area contributed by atoms with Crippen LogP contribution in [0.15, 0.2) is 36.4 Å². The molecule has 2 atom stereocenters. The van der Waals surface area contributed by atoms with Gasteiger partial charge in [0.05, 0.1) is 41.9 Å². The Morgan fingerprint density at radius 1 is 1.00 bits per heavy atom. The van der Waals surface area contributed by atoms with E-state index in [4.69, 9.17) is 28.8 Å². The number of hydrogen-bond donors (Lipinski definition) is 2. The molecule has 0 aromatic heterocycles. The van der Waals surface area contributed by atoms with E-state index in [-0.39, 0.29) is 18.6 Å². The predicted molar refractivity (Wildman–Crippen MR) is 182 cm³/mol. The van der Waals surface area contributed by atoms with E-state index in [1.54, 1.807) is 14.2 Å². The first kappa shape index (κ1) is 38.7. The standard InChI is InChI=1S/C31H44N2O5.C3H9N.C2H4O2/c1-5-7-15-32(16-8-6-2)30(34)21-33-20-25(24-18-28(36-4)31-29(19-24)37-22-38-31)17-26(33)14-13-23-11-9-10-12-27(23)35-3;1-4(2)3;1-2(3)4/h9-12,18-19,25-26H,5-8,13-17,20-22H2,1-4H3;1-3H3;1H3,(H,3,4)/p+1/t25?,26-;;/m0../s1. The van der Waals surface area contributed by atoms with Crippen molar-refractivity contribution < 1.29 is 38.5 Å². The number of carbonyl (C=O) groups is 2. The third-order valence-electron chi connectivity index (χ3n) is 7.87. The number of carboxylic acid groups (broad SMARTS) is 1. The Hall–Kier alpha value is -3.50. The molecule has 0 bridgehead atoms. The fraction of sp³-hybridized carbons (Fsp3) is 0.611. The molecule has 4 rings (SSSR count). The van der Waals surface area contributed by atoms with E-state index < -0.39 is 5.97 Å². The summed E-state index contributed by atoms with van der Waals surface area (Å²) >= 11 is 0. The molecule has 2 N–H and O–H groups in total. The van der Waals surface area contributed by atoms with Crippen molar-refractivity contribution in [3.8, 4) is 23.0 Å². The predicted octanol–water partition coefficient (Wildman–Crippen LogP) is 4.50. The van der Waals surface area contributed by atoms with Gasteiger partial charge in [-0.05, 0) is 67.3 Å². The zero-order valence-electron chi connectivity index (χ0n) is 29.4. The Morgan fingerprint density at radius 2 is 1.61 bits per heavy atom. The Labute approximate surface area is 276 Å². The monoisotopic (exact) mass is 644 g/mol. The number of fused-ring (bicyclic) bond motifs is 1. The number of nitrogens with zero attached hydrogens (tertiary/aromatic N) is 2. The van der Waals surface area contributed by atoms with Gasteiger partial charge in [-0.15, -0.1) is 0 Å². The molecule has 10 heteroatoms. The van der Waals surface area contributed by atoms with Crippen LogP contribution in [0.3, 0.4) is 0 Å². The summed E-state index contributed by atoms with van der Waals surface area (Å²) < 4.78 is 22.5. The maximum atomic E-state index is 13.5. The fourth-order valence-electron chi connectivity index (χ4n) is 5.67. The Morgan fingerprint density at radius 3 is 2.20 bits per heavy atom. The number of hydrogen-bond acceptors (Lipinski definition) is 7. The largest absolute Gasteiger partial charge is 0.496 e. The van der Waals surface area contributed by atoms with Crippen LogP contribution in [0.1, 0.15) is 76.3 Å². The number of ether oxygens (including phenoxy) is 4. The van der Waals surface area contributed by atoms with Crippen molar-refractivity contribution >= 4 is 11.9 Å². The summed E-state index contributed by atoms with van der Waals surface area (Å²) in [5.74, 6) is 2.75. The maximum Gasteiger partial charge on any atom is 0.300 e. The van der Waals surface area contributed by atoms with Gasteiger partial charge in [-0.2, -0.15) is 0 Å². The van der Waals surface area contributed by atoms with Crippen LogP contribution in [0, 0.1) is 0 Å². The molecule has 0 radical (unpaired) electrons. The van der Waals surface area contributed by atoms with Gasteiger partial charge in [-0.1, -0.05) is 44.9 Å². The van der Waals surface area contributed by atoms with Crippen molar-refractivity contribution in [2.45, 2.75) is 77.7 Å². The van der Waals surface area contributed by atoms with Crippen molar-refractivity contribution in [2.24, 2.45) is 0 Å². The van der Waals surface area contributed by atoms with E-state index in [0.29, 0.717) is 24.1 Å². The number of methoxy groups -OCH3 is 2. The molecule has 0 aliphatic carbocycles. The molecule has 2 aliphatic rings. The number of amides is 1. The third-order valence-corrected chi connectivity index (χ3v) is 7.87. The number of benzene rings is 2. The number of nitrogens with one attached hydrogen (secondary N) is 1. The first-order valence-electron chi connectivity index (χ1n) is 16.6. The second kappa shape index (κ2) is 20.6. The first-order valence-corrected chi connectivity index (χ1v) is 16.6. The Balaban J connectivity index is 0.000000825. The average molecular weight is 645 g/mol. The van der Waals surface area contributed by atoms with Crippen LogP contribution in [0.5, 0.6) is 23.0 Å². The van der Waals surface area contributed by atoms with Gasteiger partial charge < -0.3 is 33.9 Å². The number of para-hydroxylation sites is 1. The van der Waals surface area contributed by atoms with E-state index in [1.807, 2.05) is 12.1 Å². The summed E-state index contributed by atoms with van der Waals surface area (Å²) in [4.78, 5) is 28.4. The molecule has 1 unspecified atom stereocenters. The van der Waals surface area contributed by atoms with Crippen LogP contribution < -0.4 is 23.8 Å². The number of rotatable bonds is 14. The molecule has 2 aliphatic heterocycles. The van der Waals surface area contributed by atoms with Gasteiger partial charge in [0.25, 0.3) is 5.97 Å². The lowest BCUT2D eigenvalue weighted by Gasteiger charge is -2.29. The van der Waals surface area contributed by atoms with Crippen molar-refractivity contribution in [2.75, 3.05) is 68.3 Å². The minimum atomic E-state index is -0.833. The zero-order chi connectivity index (χ0) is 34.1. The normalized spacial score (nSPS) is 16.6. The quantitative estimate of drug-likeness (QED) is 0.310. The summed E-state index contributed by atoms with van der Waals surface area (Å²) in [6, 6.07) is 12.7. The maximum absolute atomic E-state index is 13.5. The highest BCUT2D eigenvalue weighted by Crippen LogP contribution is 2.45. The highest BCUT2D eigenvalue weighted by Gasteiger charge is 2.36. The van der Waals surface area contributed by atoms with Crippen LogP contribution >= 0.6 is 0 Å². The molecule has 1 saturated heterocycles. The van der Waals surface area contributed by atoms with Crippen molar-refractivity contribution in [1.29, 1.82) is 0 Å². The van der Waals surface area contributed by atoms with Crippen molar-refractivity contribution in [3.63, 3.8) is 0 Å². The summed E-state index contributed by atoms with van der Waals surface area (Å²) in [6.07, 6.45) is 7.14. The molecule has 1 fully saturated rings. The topological polar surface area (TPSA) is 102 Å². The van der Waals surface area contributed by atoms with Crippen LogP contribution in [0.2, 0.25) is 0 Å². The smallest absolute Gasteiger partial charge is 0.300 e. The van der Waals surface area contributed by atoms with Gasteiger partial charge in [0.15, 0.2) is 11.5 Å². The highest BCUT2D eigenvalue weighted by molar-refractivity contribution is 5.78. The third kappa shape index (κ3) is 12.7. The number of unbranched alkanes of at least 4 members (excludes halogenated alkanes) is 2. The van der Waals surface area contributed by atoms with Crippen LogP contribution in [-0.2, 0) is 16.0 Å². The first-order chi connectivity index (χ1) is 22.0. The molecular weight excluding hydrogens is 586 g/mol. The SMILES string of the molecule is CC(=O)O.CCCCN(CCCC)C(=O)CN1CC(c2cc(OC)c3c(c2)OCO3)C[C@@H]1CCc1ccccc1OC.C[NH+](C)C. The number of carboxylic acids is 1.